The number of amides is 1. The topological polar surface area (TPSA) is 94.5 Å². The first-order valence-corrected chi connectivity index (χ1v) is 17.8. The minimum atomic E-state index is -4.95. The standard InChI is InChI=1S/C26H30F6I2N3O5/c1-36(8-5-16-11-17(25(27,28)29)13-18(12-16)26(30,31)32)24(40)34(21-3-2-4-22-23(21)42-33-41-22)37-9-6-19(7-10-37)35-20(14-38)15-39/h2-4,11-13,19-20,35,38-39H,5-10,14-15H2,1H3/q-1. The van der Waals surface area contributed by atoms with Gasteiger partial charge in [0.1, 0.15) is 0 Å². The van der Waals surface area contributed by atoms with Crippen molar-refractivity contribution in [1.29, 1.82) is 0 Å². The SMILES string of the molecule is CN(CCc1cc(C(F)(F)F)cc(C(F)(F)F)c1)C(=O)I(c1cccc2c1O[I-]O2)N1CCC(NC(CO)CO)CC1. The van der Waals surface area contributed by atoms with Crippen molar-refractivity contribution >= 4 is 24.0 Å². The predicted molar refractivity (Wildman–Crippen MR) is 144 cm³/mol. The van der Waals surface area contributed by atoms with Crippen LogP contribution < -0.4 is 33.5 Å². The summed E-state index contributed by atoms with van der Waals surface area (Å²) in [6.07, 6.45) is -8.82. The van der Waals surface area contributed by atoms with Crippen LogP contribution in [0.3, 0.4) is 0 Å². The second kappa shape index (κ2) is 14.0. The molecule has 8 nitrogen and oxygen atoms in total. The van der Waals surface area contributed by atoms with Crippen LogP contribution in [0.4, 0.5) is 31.1 Å². The summed E-state index contributed by atoms with van der Waals surface area (Å²) in [4.78, 5) is 15.4. The van der Waals surface area contributed by atoms with Gasteiger partial charge in [-0.25, -0.2) is 0 Å². The average Bonchev–Trinajstić information content (AvgIpc) is 3.44. The van der Waals surface area contributed by atoms with E-state index in [2.05, 4.69) is 8.43 Å². The molecule has 0 aliphatic carbocycles. The zero-order valence-electron chi connectivity index (χ0n) is 22.3. The molecule has 4 rings (SSSR count). The number of nitrogens with zero attached hydrogens (tertiary/aromatic N) is 2. The van der Waals surface area contributed by atoms with Crippen molar-refractivity contribution in [2.75, 3.05) is 39.9 Å². The Labute approximate surface area is 257 Å². The van der Waals surface area contributed by atoms with E-state index < -0.39 is 71.6 Å². The molecule has 0 atom stereocenters. The second-order valence-corrected chi connectivity index (χ2v) is 16.0. The Bertz CT molecular complexity index is 1210. The van der Waals surface area contributed by atoms with Gasteiger partial charge < -0.3 is 0 Å². The number of alkyl halides is 6. The first kappa shape index (κ1) is 33.3. The zero-order valence-corrected chi connectivity index (χ0v) is 26.6. The monoisotopic (exact) mass is 832 g/mol. The summed E-state index contributed by atoms with van der Waals surface area (Å²) >= 11 is -3.97. The molecule has 2 heterocycles. The fourth-order valence-electron chi connectivity index (χ4n) is 4.53. The number of aliphatic hydroxyl groups excluding tert-OH is 2. The number of hydrogen-bond donors (Lipinski definition) is 3. The van der Waals surface area contributed by atoms with E-state index in [9.17, 15) is 41.4 Å². The number of hydrogen-bond acceptors (Lipinski definition) is 7. The van der Waals surface area contributed by atoms with Crippen LogP contribution in [0.1, 0.15) is 29.5 Å². The molecule has 16 heteroatoms. The van der Waals surface area contributed by atoms with Crippen molar-refractivity contribution in [2.24, 2.45) is 0 Å². The van der Waals surface area contributed by atoms with Gasteiger partial charge in [0, 0.05) is 0 Å². The molecule has 0 saturated carbocycles. The molecule has 0 radical (unpaired) electrons. The van der Waals surface area contributed by atoms with E-state index in [-0.39, 0.29) is 47.8 Å². The average molecular weight is 832 g/mol. The molecule has 236 valence electrons. The quantitative estimate of drug-likeness (QED) is 0.111. The van der Waals surface area contributed by atoms with Crippen LogP contribution in [0.5, 0.6) is 11.5 Å². The third kappa shape index (κ3) is 8.10. The Kier molecular flexibility index (Phi) is 11.1. The van der Waals surface area contributed by atoms with Gasteiger partial charge in [0.2, 0.25) is 0 Å². The van der Waals surface area contributed by atoms with Gasteiger partial charge in [-0.3, -0.25) is 0 Å². The van der Waals surface area contributed by atoms with E-state index in [1.54, 1.807) is 12.1 Å². The molecule has 42 heavy (non-hydrogen) atoms. The summed E-state index contributed by atoms with van der Waals surface area (Å²) in [5.74, 6) is 1.07. The van der Waals surface area contributed by atoms with Crippen LogP contribution in [0, 0.1) is 3.57 Å². The molecule has 1 amide bonds. The van der Waals surface area contributed by atoms with E-state index in [0.29, 0.717) is 49.6 Å². The van der Waals surface area contributed by atoms with Crippen LogP contribution in [-0.2, 0) is 18.8 Å². The first-order chi connectivity index (χ1) is 19.8. The van der Waals surface area contributed by atoms with E-state index >= 15 is 0 Å². The van der Waals surface area contributed by atoms with Gasteiger partial charge in [-0.1, -0.05) is 0 Å². The fraction of sp³-hybridized carbons (Fsp3) is 0.500. The summed E-state index contributed by atoms with van der Waals surface area (Å²) < 4.78 is 94.0. The molecule has 3 N–H and O–H groups in total. The third-order valence-corrected chi connectivity index (χ3v) is 14.0. The molecule has 2 aromatic carbocycles. The number of likely N-dealkylation sites (N-methyl/N-ethyl adjacent to an activating group) is 1. The van der Waals surface area contributed by atoms with Crippen molar-refractivity contribution in [1.82, 2.24) is 13.3 Å². The van der Waals surface area contributed by atoms with Crippen LogP contribution in [0.15, 0.2) is 36.4 Å². The van der Waals surface area contributed by atoms with Crippen molar-refractivity contribution in [3.05, 3.63) is 56.7 Å². The molecule has 2 aliphatic heterocycles. The molecule has 0 unspecified atom stereocenters. The number of rotatable bonds is 10. The van der Waals surface area contributed by atoms with E-state index in [1.165, 1.54) is 11.9 Å². The summed E-state index contributed by atoms with van der Waals surface area (Å²) in [5.41, 5.74) is -2.96. The van der Waals surface area contributed by atoms with Gasteiger partial charge in [-0.2, -0.15) is 0 Å². The molecule has 1 saturated heterocycles. The minimum absolute atomic E-state index is 0.0202. The number of benzene rings is 2. The maximum atomic E-state index is 14.0. The first-order valence-electron chi connectivity index (χ1n) is 12.9. The number of piperidine rings is 1. The summed E-state index contributed by atoms with van der Waals surface area (Å²) in [5, 5.41) is 22.0. The maximum absolute atomic E-state index is 14.0. The van der Waals surface area contributed by atoms with Gasteiger partial charge in [0.15, 0.2) is 0 Å². The number of fused-ring (bicyclic) bond motifs is 1. The number of nitrogens with one attached hydrogen (secondary N) is 1. The summed E-state index contributed by atoms with van der Waals surface area (Å²) in [6.45, 7) is 0.551. The van der Waals surface area contributed by atoms with Crippen LogP contribution in [-0.4, -0.2) is 74.1 Å². The van der Waals surface area contributed by atoms with Crippen molar-refractivity contribution in [2.45, 2.75) is 43.7 Å². The Morgan fingerprint density at radius 3 is 2.26 bits per heavy atom. The van der Waals surface area contributed by atoms with Gasteiger partial charge in [-0.15, -0.1) is 0 Å². The number of aliphatic hydroxyl groups is 2. The number of para-hydroxylation sites is 1. The van der Waals surface area contributed by atoms with Gasteiger partial charge >= 0.3 is 259 Å². The molecule has 1 fully saturated rings. The number of halogens is 8. The predicted octanol–water partition coefficient (Wildman–Crippen LogP) is 1.71. The molecule has 2 aromatic rings. The zero-order chi connectivity index (χ0) is 30.7. The van der Waals surface area contributed by atoms with E-state index in [4.69, 9.17) is 6.13 Å². The molecule has 0 spiro atoms. The fourth-order valence-corrected chi connectivity index (χ4v) is 12.0. The Hall–Kier alpha value is -1.61. The Morgan fingerprint density at radius 1 is 1.07 bits per heavy atom. The summed E-state index contributed by atoms with van der Waals surface area (Å²) in [6, 6.07) is 6.36. The van der Waals surface area contributed by atoms with Crippen molar-refractivity contribution < 1.29 is 69.5 Å². The molecule has 2 aliphatic rings. The van der Waals surface area contributed by atoms with Crippen LogP contribution in [0.25, 0.3) is 0 Å². The second-order valence-electron chi connectivity index (χ2n) is 9.80. The molecular formula is C26H30F6I2N3O5-. The van der Waals surface area contributed by atoms with Crippen molar-refractivity contribution in [3.8, 4) is 11.5 Å². The molecule has 0 aromatic heterocycles. The van der Waals surface area contributed by atoms with Crippen LogP contribution >= 0.6 is 20.1 Å². The van der Waals surface area contributed by atoms with Crippen molar-refractivity contribution in [3.63, 3.8) is 0 Å². The van der Waals surface area contributed by atoms with Gasteiger partial charge in [0.05, 0.1) is 0 Å². The summed E-state index contributed by atoms with van der Waals surface area (Å²) in [7, 11) is 1.50. The van der Waals surface area contributed by atoms with Gasteiger partial charge in [0.25, 0.3) is 0 Å². The van der Waals surface area contributed by atoms with E-state index in [1.807, 2.05) is 6.07 Å². The molecular weight excluding hydrogens is 802 g/mol. The third-order valence-electron chi connectivity index (χ3n) is 6.78. The van der Waals surface area contributed by atoms with Gasteiger partial charge in [-0.05, 0) is 0 Å². The Balaban J connectivity index is 1.55. The Morgan fingerprint density at radius 2 is 1.69 bits per heavy atom. The van der Waals surface area contributed by atoms with Crippen LogP contribution in [0.2, 0.25) is 0 Å². The normalized spacial score (nSPS) is 16.9. The number of carbonyl (C=O) groups excluding carboxylic acids is 1. The van der Waals surface area contributed by atoms with E-state index in [0.717, 1.165) is 3.57 Å². The molecule has 0 bridgehead atoms. The number of carbonyl (C=O) groups is 1.